The first kappa shape index (κ1) is 14.9. The molecule has 0 spiro atoms. The minimum Gasteiger partial charge on any atom is -0.446 e. The minimum absolute atomic E-state index is 0.0976. The minimum atomic E-state index is -3.54. The lowest BCUT2D eigenvalue weighted by molar-refractivity contribution is 0.417. The molecule has 2 aromatic rings. The summed E-state index contributed by atoms with van der Waals surface area (Å²) in [4.78, 5) is 0. The van der Waals surface area contributed by atoms with Gasteiger partial charge in [0.1, 0.15) is 5.76 Å². The molecule has 0 aliphatic rings. The zero-order chi connectivity index (χ0) is 14.8. The van der Waals surface area contributed by atoms with Crippen molar-refractivity contribution >= 4 is 27.3 Å². The molecule has 108 valence electrons. The van der Waals surface area contributed by atoms with Gasteiger partial charge in [-0.3, -0.25) is 0 Å². The van der Waals surface area contributed by atoms with Gasteiger partial charge in [0.15, 0.2) is 0 Å². The van der Waals surface area contributed by atoms with E-state index in [2.05, 4.69) is 10.0 Å². The average molecular weight is 315 g/mol. The van der Waals surface area contributed by atoms with E-state index in [1.807, 2.05) is 25.1 Å². The summed E-state index contributed by atoms with van der Waals surface area (Å²) in [6.45, 7) is 2.33. The van der Waals surface area contributed by atoms with Crippen LogP contribution in [-0.2, 0) is 16.6 Å². The Labute approximate surface area is 123 Å². The molecule has 5 nitrogen and oxygen atoms in total. The molecule has 1 aromatic carbocycles. The fourth-order valence-corrected chi connectivity index (χ4v) is 2.50. The van der Waals surface area contributed by atoms with Crippen LogP contribution >= 0.6 is 11.6 Å². The lowest BCUT2D eigenvalue weighted by Gasteiger charge is -2.08. The van der Waals surface area contributed by atoms with Crippen LogP contribution in [-0.4, -0.2) is 15.5 Å². The summed E-state index contributed by atoms with van der Waals surface area (Å²) < 4.78 is 30.6. The van der Waals surface area contributed by atoms with Gasteiger partial charge in [-0.15, -0.1) is 0 Å². The SMILES string of the molecule is CNS(=O)(=O)c1ccc(CNc2cc(Cl)ccc2C)o1. The highest BCUT2D eigenvalue weighted by Crippen LogP contribution is 2.21. The summed E-state index contributed by atoms with van der Waals surface area (Å²) in [5, 5.41) is 3.70. The number of rotatable bonds is 5. The van der Waals surface area contributed by atoms with Gasteiger partial charge >= 0.3 is 0 Å². The Kier molecular flexibility index (Phi) is 4.37. The van der Waals surface area contributed by atoms with Gasteiger partial charge in [0.05, 0.1) is 6.54 Å². The van der Waals surface area contributed by atoms with Gasteiger partial charge in [-0.1, -0.05) is 17.7 Å². The number of halogens is 1. The van der Waals surface area contributed by atoms with E-state index in [1.54, 1.807) is 6.07 Å². The normalized spacial score (nSPS) is 11.6. The van der Waals surface area contributed by atoms with E-state index < -0.39 is 10.0 Å². The highest BCUT2D eigenvalue weighted by Gasteiger charge is 2.16. The molecule has 0 saturated heterocycles. The molecule has 0 aliphatic heterocycles. The van der Waals surface area contributed by atoms with E-state index in [0.717, 1.165) is 11.3 Å². The van der Waals surface area contributed by atoms with Crippen LogP contribution in [0.4, 0.5) is 5.69 Å². The molecule has 2 N–H and O–H groups in total. The maximum atomic E-state index is 11.5. The molecule has 0 unspecified atom stereocenters. The van der Waals surface area contributed by atoms with Crippen molar-refractivity contribution in [1.29, 1.82) is 0 Å². The number of nitrogens with one attached hydrogen (secondary N) is 2. The Bertz CT molecular complexity index is 710. The van der Waals surface area contributed by atoms with Gasteiger partial charge in [-0.05, 0) is 43.8 Å². The quantitative estimate of drug-likeness (QED) is 0.890. The predicted octanol–water partition coefficient (Wildman–Crippen LogP) is 2.76. The third-order valence-electron chi connectivity index (χ3n) is 2.82. The fourth-order valence-electron chi connectivity index (χ4n) is 1.67. The van der Waals surface area contributed by atoms with Crippen LogP contribution in [0.5, 0.6) is 0 Å². The second-order valence-corrected chi connectivity index (χ2v) is 6.50. The maximum absolute atomic E-state index is 11.5. The summed E-state index contributed by atoms with van der Waals surface area (Å²) in [6, 6.07) is 8.58. The first-order chi connectivity index (χ1) is 9.42. The Morgan fingerprint density at radius 1 is 1.25 bits per heavy atom. The number of furan rings is 1. The van der Waals surface area contributed by atoms with Crippen LogP contribution in [0.15, 0.2) is 39.8 Å². The Hall–Kier alpha value is -1.50. The molecule has 0 saturated carbocycles. The first-order valence-corrected chi connectivity index (χ1v) is 7.81. The third kappa shape index (κ3) is 3.33. The Morgan fingerprint density at radius 3 is 2.70 bits per heavy atom. The van der Waals surface area contributed by atoms with Crippen molar-refractivity contribution in [2.45, 2.75) is 18.6 Å². The van der Waals surface area contributed by atoms with Crippen molar-refractivity contribution in [2.24, 2.45) is 0 Å². The lowest BCUT2D eigenvalue weighted by atomic mass is 10.2. The van der Waals surface area contributed by atoms with Gasteiger partial charge < -0.3 is 9.73 Å². The maximum Gasteiger partial charge on any atom is 0.273 e. The molecule has 0 atom stereocenters. The summed E-state index contributed by atoms with van der Waals surface area (Å²) in [5.74, 6) is 0.526. The summed E-state index contributed by atoms with van der Waals surface area (Å²) in [6.07, 6.45) is 0. The van der Waals surface area contributed by atoms with Crippen molar-refractivity contribution in [3.63, 3.8) is 0 Å². The molecule has 7 heteroatoms. The number of anilines is 1. The van der Waals surface area contributed by atoms with E-state index in [0.29, 0.717) is 17.3 Å². The number of sulfonamides is 1. The van der Waals surface area contributed by atoms with Gasteiger partial charge in [0, 0.05) is 10.7 Å². The second-order valence-electron chi connectivity index (χ2n) is 4.24. The number of benzene rings is 1. The average Bonchev–Trinajstić information content (AvgIpc) is 2.89. The van der Waals surface area contributed by atoms with E-state index >= 15 is 0 Å². The molecule has 0 aliphatic carbocycles. The number of aryl methyl sites for hydroxylation is 1. The van der Waals surface area contributed by atoms with E-state index in [9.17, 15) is 8.42 Å². The second kappa shape index (κ2) is 5.87. The molecule has 0 fully saturated rings. The zero-order valence-electron chi connectivity index (χ0n) is 11.1. The van der Waals surface area contributed by atoms with Crippen LogP contribution in [0.1, 0.15) is 11.3 Å². The van der Waals surface area contributed by atoms with Gasteiger partial charge in [-0.2, -0.15) is 0 Å². The lowest BCUT2D eigenvalue weighted by Crippen LogP contribution is -2.17. The highest BCUT2D eigenvalue weighted by atomic mass is 35.5. The smallest absolute Gasteiger partial charge is 0.273 e. The van der Waals surface area contributed by atoms with Crippen molar-refractivity contribution in [1.82, 2.24) is 4.72 Å². The first-order valence-electron chi connectivity index (χ1n) is 5.94. The van der Waals surface area contributed by atoms with Crippen molar-refractivity contribution in [2.75, 3.05) is 12.4 Å². The third-order valence-corrected chi connectivity index (χ3v) is 4.34. The van der Waals surface area contributed by atoms with E-state index in [1.165, 1.54) is 13.1 Å². The number of hydrogen-bond acceptors (Lipinski definition) is 4. The topological polar surface area (TPSA) is 71.3 Å². The van der Waals surface area contributed by atoms with Crippen LogP contribution in [0, 0.1) is 6.92 Å². The van der Waals surface area contributed by atoms with E-state index in [-0.39, 0.29) is 5.09 Å². The summed E-state index contributed by atoms with van der Waals surface area (Å²) >= 11 is 5.93. The largest absolute Gasteiger partial charge is 0.446 e. The zero-order valence-corrected chi connectivity index (χ0v) is 12.7. The molecule has 20 heavy (non-hydrogen) atoms. The Morgan fingerprint density at radius 2 is 2.00 bits per heavy atom. The Balaban J connectivity index is 2.10. The van der Waals surface area contributed by atoms with Gasteiger partial charge in [0.2, 0.25) is 5.09 Å². The van der Waals surface area contributed by atoms with Crippen molar-refractivity contribution in [3.8, 4) is 0 Å². The van der Waals surface area contributed by atoms with Crippen LogP contribution in [0.3, 0.4) is 0 Å². The standard InChI is InChI=1S/C13H15ClN2O3S/c1-9-3-4-10(14)7-12(9)16-8-11-5-6-13(19-11)20(17,18)15-2/h3-7,15-16H,8H2,1-2H3. The van der Waals surface area contributed by atoms with Gasteiger partial charge in [0.25, 0.3) is 10.0 Å². The molecule has 1 heterocycles. The molecule has 1 aromatic heterocycles. The predicted molar refractivity (Wildman–Crippen MR) is 78.5 cm³/mol. The van der Waals surface area contributed by atoms with Crippen molar-refractivity contribution < 1.29 is 12.8 Å². The molecule has 2 rings (SSSR count). The monoisotopic (exact) mass is 314 g/mol. The van der Waals surface area contributed by atoms with E-state index in [4.69, 9.17) is 16.0 Å². The number of hydrogen-bond donors (Lipinski definition) is 2. The molecule has 0 radical (unpaired) electrons. The molecular weight excluding hydrogens is 300 g/mol. The van der Waals surface area contributed by atoms with Crippen LogP contribution in [0.25, 0.3) is 0 Å². The van der Waals surface area contributed by atoms with Gasteiger partial charge in [-0.25, -0.2) is 13.1 Å². The highest BCUT2D eigenvalue weighted by molar-refractivity contribution is 7.89. The fraction of sp³-hybridized carbons (Fsp3) is 0.231. The molecule has 0 amide bonds. The molecular formula is C13H15ClN2O3S. The van der Waals surface area contributed by atoms with Crippen molar-refractivity contribution in [3.05, 3.63) is 46.7 Å². The summed E-state index contributed by atoms with van der Waals surface area (Å²) in [5.41, 5.74) is 1.93. The molecule has 0 bridgehead atoms. The van der Waals surface area contributed by atoms with Crippen LogP contribution < -0.4 is 10.0 Å². The summed E-state index contributed by atoms with van der Waals surface area (Å²) in [7, 11) is -2.20. The van der Waals surface area contributed by atoms with Crippen LogP contribution in [0.2, 0.25) is 5.02 Å².